The smallest absolute Gasteiger partial charge is 0.0374 e. The highest BCUT2D eigenvalue weighted by atomic mass is 32.1. The lowest BCUT2D eigenvalue weighted by molar-refractivity contribution is 0.309. The van der Waals surface area contributed by atoms with Crippen LogP contribution in [0.5, 0.6) is 0 Å². The Hall–Kier alpha value is -0.170. The summed E-state index contributed by atoms with van der Waals surface area (Å²) >= 11 is 5.07. The molecule has 1 atom stereocenters. The molecule has 0 nitrogen and oxygen atoms in total. The largest absolute Gasteiger partial charge is 0.168 e. The summed E-state index contributed by atoms with van der Waals surface area (Å²) in [6.07, 6.45) is 22.8. The fraction of sp³-hybridized carbons (Fsp3) is 0.778. The summed E-state index contributed by atoms with van der Waals surface area (Å²) in [4.78, 5) is 0. The molecule has 0 aliphatic heterocycles. The van der Waals surface area contributed by atoms with E-state index < -0.39 is 0 Å². The van der Waals surface area contributed by atoms with Gasteiger partial charge in [-0.1, -0.05) is 56.8 Å². The van der Waals surface area contributed by atoms with Crippen molar-refractivity contribution in [2.24, 2.45) is 11.8 Å². The van der Waals surface area contributed by atoms with Crippen LogP contribution >= 0.6 is 12.6 Å². The maximum Gasteiger partial charge on any atom is 0.0374 e. The van der Waals surface area contributed by atoms with Crippen LogP contribution in [0.2, 0.25) is 0 Å². The molecule has 0 aromatic heterocycles. The van der Waals surface area contributed by atoms with E-state index in [0.29, 0.717) is 0 Å². The summed E-state index contributed by atoms with van der Waals surface area (Å²) in [6, 6.07) is 0. The van der Waals surface area contributed by atoms with E-state index in [1.54, 1.807) is 5.57 Å². The van der Waals surface area contributed by atoms with Crippen molar-refractivity contribution in [2.45, 2.75) is 75.4 Å². The van der Waals surface area contributed by atoms with E-state index in [2.05, 4.69) is 18.2 Å². The van der Waals surface area contributed by atoms with Gasteiger partial charge in [-0.25, -0.2) is 0 Å². The zero-order valence-corrected chi connectivity index (χ0v) is 13.0. The van der Waals surface area contributed by atoms with Gasteiger partial charge in [-0.3, -0.25) is 0 Å². The molecule has 0 saturated heterocycles. The molecule has 2 saturated carbocycles. The van der Waals surface area contributed by atoms with Crippen molar-refractivity contribution in [3.63, 3.8) is 0 Å². The van der Waals surface area contributed by atoms with E-state index in [4.69, 9.17) is 12.6 Å². The number of hydrogen-bond acceptors (Lipinski definition) is 1. The Morgan fingerprint density at radius 3 is 2.11 bits per heavy atom. The van der Waals surface area contributed by atoms with Crippen LogP contribution in [0, 0.1) is 11.8 Å². The maximum atomic E-state index is 5.07. The van der Waals surface area contributed by atoms with Gasteiger partial charge >= 0.3 is 0 Å². The van der Waals surface area contributed by atoms with Gasteiger partial charge in [-0.05, 0) is 49.5 Å². The minimum Gasteiger partial charge on any atom is -0.168 e. The molecular formula is C18H28S. The first-order valence-electron chi connectivity index (χ1n) is 8.40. The third-order valence-corrected chi connectivity index (χ3v) is 6.31. The average Bonchev–Trinajstić information content (AvgIpc) is 2.50. The van der Waals surface area contributed by atoms with E-state index in [1.807, 2.05) is 0 Å². The molecule has 0 N–H and O–H groups in total. The lowest BCUT2D eigenvalue weighted by Gasteiger charge is -2.39. The summed E-state index contributed by atoms with van der Waals surface area (Å²) < 4.78 is 0.165. The van der Waals surface area contributed by atoms with Crippen molar-refractivity contribution in [3.8, 4) is 0 Å². The van der Waals surface area contributed by atoms with Gasteiger partial charge in [0.05, 0.1) is 0 Å². The first-order valence-corrected chi connectivity index (χ1v) is 8.84. The van der Waals surface area contributed by atoms with E-state index in [1.165, 1.54) is 70.6 Å². The van der Waals surface area contributed by atoms with Crippen molar-refractivity contribution in [3.05, 3.63) is 23.8 Å². The predicted molar refractivity (Wildman–Crippen MR) is 86.7 cm³/mol. The molecule has 2 fully saturated rings. The third kappa shape index (κ3) is 3.12. The van der Waals surface area contributed by atoms with E-state index in [0.717, 1.165) is 11.8 Å². The zero-order valence-electron chi connectivity index (χ0n) is 12.1. The van der Waals surface area contributed by atoms with Crippen LogP contribution in [0.1, 0.15) is 70.6 Å². The molecule has 0 bridgehead atoms. The molecule has 1 heteroatoms. The molecule has 3 aliphatic carbocycles. The van der Waals surface area contributed by atoms with Gasteiger partial charge in [-0.15, -0.1) is 0 Å². The molecule has 0 spiro atoms. The summed E-state index contributed by atoms with van der Waals surface area (Å²) in [5, 5.41) is 0. The number of rotatable bonds is 2. The Kier molecular flexibility index (Phi) is 4.41. The molecular weight excluding hydrogens is 248 g/mol. The number of allylic oxidation sites excluding steroid dienone is 3. The SMILES string of the molecule is SC1(C2CCCCC2)C=CC(C2CCCCC2)=CC1. The Bertz CT molecular complexity index is 356. The highest BCUT2D eigenvalue weighted by molar-refractivity contribution is 7.82. The number of thiol groups is 1. The lowest BCUT2D eigenvalue weighted by atomic mass is 9.74. The molecule has 0 amide bonds. The van der Waals surface area contributed by atoms with Crippen molar-refractivity contribution >= 4 is 12.6 Å². The van der Waals surface area contributed by atoms with Crippen LogP contribution < -0.4 is 0 Å². The molecule has 19 heavy (non-hydrogen) atoms. The van der Waals surface area contributed by atoms with Gasteiger partial charge in [0.15, 0.2) is 0 Å². The number of hydrogen-bond donors (Lipinski definition) is 1. The van der Waals surface area contributed by atoms with E-state index in [9.17, 15) is 0 Å². The monoisotopic (exact) mass is 276 g/mol. The van der Waals surface area contributed by atoms with Gasteiger partial charge in [0, 0.05) is 4.75 Å². The summed E-state index contributed by atoms with van der Waals surface area (Å²) in [6.45, 7) is 0. The van der Waals surface area contributed by atoms with Crippen LogP contribution in [0.15, 0.2) is 23.8 Å². The third-order valence-electron chi connectivity index (χ3n) is 5.62. The summed E-state index contributed by atoms with van der Waals surface area (Å²) in [5.74, 6) is 1.67. The van der Waals surface area contributed by atoms with Crippen LogP contribution in [0.4, 0.5) is 0 Å². The summed E-state index contributed by atoms with van der Waals surface area (Å²) in [5.41, 5.74) is 1.63. The van der Waals surface area contributed by atoms with Crippen LogP contribution in [-0.4, -0.2) is 4.75 Å². The van der Waals surface area contributed by atoms with Crippen molar-refractivity contribution in [1.82, 2.24) is 0 Å². The summed E-state index contributed by atoms with van der Waals surface area (Å²) in [7, 11) is 0. The first-order chi connectivity index (χ1) is 9.28. The minimum absolute atomic E-state index is 0.165. The van der Waals surface area contributed by atoms with Crippen molar-refractivity contribution in [1.29, 1.82) is 0 Å². The molecule has 0 heterocycles. The highest BCUT2D eigenvalue weighted by Gasteiger charge is 2.35. The normalized spacial score (nSPS) is 34.3. The Morgan fingerprint density at radius 1 is 0.895 bits per heavy atom. The van der Waals surface area contributed by atoms with Gasteiger partial charge in [0.1, 0.15) is 0 Å². The van der Waals surface area contributed by atoms with E-state index >= 15 is 0 Å². The Morgan fingerprint density at radius 2 is 1.53 bits per heavy atom. The quantitative estimate of drug-likeness (QED) is 0.614. The molecule has 0 aromatic carbocycles. The topological polar surface area (TPSA) is 0 Å². The second kappa shape index (κ2) is 6.08. The predicted octanol–water partition coefficient (Wildman–Crippen LogP) is 5.70. The van der Waals surface area contributed by atoms with E-state index in [-0.39, 0.29) is 4.75 Å². The standard InChI is InChI=1S/C18H28S/c19-18(17-9-5-2-6-10-17)13-11-16(12-14-18)15-7-3-1-4-8-15/h11-13,15,17,19H,1-10,14H2. The highest BCUT2D eigenvalue weighted by Crippen LogP contribution is 2.44. The first kappa shape index (κ1) is 13.8. The Labute approximate surface area is 124 Å². The van der Waals surface area contributed by atoms with Crippen LogP contribution in [-0.2, 0) is 0 Å². The van der Waals surface area contributed by atoms with Gasteiger partial charge in [0.25, 0.3) is 0 Å². The molecule has 0 aromatic rings. The Balaban J connectivity index is 1.63. The van der Waals surface area contributed by atoms with Crippen molar-refractivity contribution in [2.75, 3.05) is 0 Å². The minimum atomic E-state index is 0.165. The van der Waals surface area contributed by atoms with Gasteiger partial charge < -0.3 is 0 Å². The molecule has 1 unspecified atom stereocenters. The molecule has 3 rings (SSSR count). The van der Waals surface area contributed by atoms with Crippen molar-refractivity contribution < 1.29 is 0 Å². The fourth-order valence-electron chi connectivity index (χ4n) is 4.30. The molecule has 106 valence electrons. The van der Waals surface area contributed by atoms with Crippen LogP contribution in [0.3, 0.4) is 0 Å². The lowest BCUT2D eigenvalue weighted by Crippen LogP contribution is -2.33. The molecule has 3 aliphatic rings. The van der Waals surface area contributed by atoms with Gasteiger partial charge in [0.2, 0.25) is 0 Å². The zero-order chi connectivity index (χ0) is 13.1. The second-order valence-electron chi connectivity index (χ2n) is 6.90. The average molecular weight is 276 g/mol. The maximum absolute atomic E-state index is 5.07. The molecule has 0 radical (unpaired) electrons. The fourth-order valence-corrected chi connectivity index (χ4v) is 4.73. The van der Waals surface area contributed by atoms with Gasteiger partial charge in [-0.2, -0.15) is 12.6 Å². The second-order valence-corrected chi connectivity index (χ2v) is 7.74. The van der Waals surface area contributed by atoms with Crippen LogP contribution in [0.25, 0.3) is 0 Å².